The lowest BCUT2D eigenvalue weighted by atomic mass is 10.1. The van der Waals surface area contributed by atoms with Crippen LogP contribution in [0.15, 0.2) is 24.3 Å². The van der Waals surface area contributed by atoms with Crippen molar-refractivity contribution >= 4 is 5.91 Å². The minimum atomic E-state index is 0.216. The summed E-state index contributed by atoms with van der Waals surface area (Å²) in [6, 6.07) is 7.16. The molecule has 0 aliphatic rings. The molecule has 4 heteroatoms. The van der Waals surface area contributed by atoms with E-state index in [1.807, 2.05) is 17.1 Å². The number of aryl methyl sites for hydroxylation is 1. The van der Waals surface area contributed by atoms with Gasteiger partial charge >= 0.3 is 0 Å². The molecule has 0 spiro atoms. The molecule has 0 saturated carbocycles. The highest BCUT2D eigenvalue weighted by Crippen LogP contribution is 2.14. The van der Waals surface area contributed by atoms with Crippen LogP contribution in [-0.2, 0) is 11.2 Å². The third kappa shape index (κ3) is 8.39. The normalized spacial score (nSPS) is 11.0. The molecule has 1 amide bonds. The fourth-order valence-electron chi connectivity index (χ4n) is 2.81. The van der Waals surface area contributed by atoms with E-state index in [-0.39, 0.29) is 11.7 Å². The van der Waals surface area contributed by atoms with Crippen LogP contribution >= 0.6 is 0 Å². The number of carbonyl (C=O) groups is 1. The first-order chi connectivity index (χ1) is 12.1. The molecule has 1 aromatic rings. The second-order valence-corrected chi connectivity index (χ2v) is 6.70. The number of nitrogens with zero attached hydrogens (tertiary/aromatic N) is 2. The van der Waals surface area contributed by atoms with E-state index in [0.717, 1.165) is 70.1 Å². The summed E-state index contributed by atoms with van der Waals surface area (Å²) in [5.41, 5.74) is 1.09. The maximum Gasteiger partial charge on any atom is 0.237 e. The van der Waals surface area contributed by atoms with E-state index in [4.69, 9.17) is 0 Å². The molecular weight excluding hydrogens is 312 g/mol. The van der Waals surface area contributed by atoms with E-state index in [0.29, 0.717) is 6.42 Å². The van der Waals surface area contributed by atoms with E-state index in [9.17, 15) is 9.90 Å². The largest absolute Gasteiger partial charge is 0.508 e. The van der Waals surface area contributed by atoms with Crippen molar-refractivity contribution in [1.82, 2.24) is 10.0 Å². The van der Waals surface area contributed by atoms with Crippen LogP contribution in [0.2, 0.25) is 0 Å². The summed E-state index contributed by atoms with van der Waals surface area (Å²) >= 11 is 0. The van der Waals surface area contributed by atoms with Crippen LogP contribution in [0.3, 0.4) is 0 Å². The van der Waals surface area contributed by atoms with Gasteiger partial charge in [-0.05, 0) is 43.4 Å². The first-order valence-electron chi connectivity index (χ1n) is 9.95. The predicted octanol–water partition coefficient (Wildman–Crippen LogP) is 4.77. The number of phenolic OH excluding ortho intramolecular Hbond substituents is 1. The van der Waals surface area contributed by atoms with Crippen molar-refractivity contribution < 1.29 is 9.90 Å². The lowest BCUT2D eigenvalue weighted by Crippen LogP contribution is -2.48. The number of hydrogen-bond donors (Lipinski definition) is 1. The number of amides is 1. The Morgan fingerprint density at radius 1 is 0.880 bits per heavy atom. The van der Waals surface area contributed by atoms with E-state index in [2.05, 4.69) is 25.8 Å². The molecule has 0 saturated heterocycles. The summed E-state index contributed by atoms with van der Waals surface area (Å²) in [6.07, 6.45) is 7.91. The Morgan fingerprint density at radius 3 is 1.92 bits per heavy atom. The summed E-state index contributed by atoms with van der Waals surface area (Å²) < 4.78 is 0. The summed E-state index contributed by atoms with van der Waals surface area (Å²) in [6.45, 7) is 9.30. The van der Waals surface area contributed by atoms with Crippen molar-refractivity contribution in [3.05, 3.63) is 29.8 Å². The highest BCUT2D eigenvalue weighted by atomic mass is 16.3. The van der Waals surface area contributed by atoms with Crippen molar-refractivity contribution in [1.29, 1.82) is 0 Å². The van der Waals surface area contributed by atoms with Gasteiger partial charge in [0.25, 0.3) is 0 Å². The van der Waals surface area contributed by atoms with Crippen LogP contribution in [0, 0.1) is 0 Å². The summed E-state index contributed by atoms with van der Waals surface area (Å²) in [5, 5.41) is 13.7. The molecular formula is C21H36N2O2. The zero-order chi connectivity index (χ0) is 18.5. The maximum absolute atomic E-state index is 12.9. The average molecular weight is 349 g/mol. The van der Waals surface area contributed by atoms with Crippen molar-refractivity contribution in [2.75, 3.05) is 19.6 Å². The second kappa shape index (κ2) is 12.8. The molecule has 1 rings (SSSR count). The van der Waals surface area contributed by atoms with Crippen LogP contribution in [0.1, 0.15) is 71.3 Å². The minimum absolute atomic E-state index is 0.216. The lowest BCUT2D eigenvalue weighted by molar-refractivity contribution is -0.149. The zero-order valence-corrected chi connectivity index (χ0v) is 16.3. The third-order valence-corrected chi connectivity index (χ3v) is 4.46. The molecule has 0 bridgehead atoms. The van der Waals surface area contributed by atoms with E-state index < -0.39 is 0 Å². The summed E-state index contributed by atoms with van der Waals surface area (Å²) in [7, 11) is 0. The van der Waals surface area contributed by atoms with Gasteiger partial charge in [0.05, 0.1) is 0 Å². The summed E-state index contributed by atoms with van der Waals surface area (Å²) in [4.78, 5) is 12.9. The Bertz CT molecular complexity index is 465. The Hall–Kier alpha value is -1.55. The molecule has 0 fully saturated rings. The Labute approximate surface area is 153 Å². The molecule has 1 aromatic carbocycles. The van der Waals surface area contributed by atoms with Crippen molar-refractivity contribution in [2.24, 2.45) is 0 Å². The maximum atomic E-state index is 12.9. The van der Waals surface area contributed by atoms with Gasteiger partial charge in [0.1, 0.15) is 5.75 Å². The number of carbonyl (C=O) groups excluding carboxylic acids is 1. The van der Waals surface area contributed by atoms with Gasteiger partial charge in [-0.2, -0.15) is 0 Å². The smallest absolute Gasteiger partial charge is 0.237 e. The second-order valence-electron chi connectivity index (χ2n) is 6.70. The van der Waals surface area contributed by atoms with E-state index in [1.54, 1.807) is 12.1 Å². The predicted molar refractivity (Wildman–Crippen MR) is 104 cm³/mol. The molecule has 142 valence electrons. The molecule has 0 unspecified atom stereocenters. The molecule has 0 radical (unpaired) electrons. The Balaban J connectivity index is 2.70. The van der Waals surface area contributed by atoms with Gasteiger partial charge in [-0.3, -0.25) is 9.80 Å². The first kappa shape index (κ1) is 21.5. The number of aromatic hydroxyl groups is 1. The summed E-state index contributed by atoms with van der Waals surface area (Å²) in [5.74, 6) is 0.485. The van der Waals surface area contributed by atoms with Crippen LogP contribution in [0.4, 0.5) is 0 Å². The average Bonchev–Trinajstić information content (AvgIpc) is 2.62. The van der Waals surface area contributed by atoms with Crippen LogP contribution in [0.25, 0.3) is 0 Å². The van der Waals surface area contributed by atoms with Gasteiger partial charge in [0, 0.05) is 26.1 Å². The highest BCUT2D eigenvalue weighted by molar-refractivity contribution is 5.76. The topological polar surface area (TPSA) is 43.8 Å². The van der Waals surface area contributed by atoms with Gasteiger partial charge in [0.2, 0.25) is 5.91 Å². The van der Waals surface area contributed by atoms with Gasteiger partial charge in [-0.25, -0.2) is 5.01 Å². The molecule has 25 heavy (non-hydrogen) atoms. The lowest BCUT2D eigenvalue weighted by Gasteiger charge is -2.35. The number of phenols is 1. The fourth-order valence-corrected chi connectivity index (χ4v) is 2.81. The zero-order valence-electron chi connectivity index (χ0n) is 16.3. The minimum Gasteiger partial charge on any atom is -0.508 e. The van der Waals surface area contributed by atoms with Gasteiger partial charge in [-0.1, -0.05) is 52.2 Å². The Kier molecular flexibility index (Phi) is 11.0. The quantitative estimate of drug-likeness (QED) is 0.522. The highest BCUT2D eigenvalue weighted by Gasteiger charge is 2.20. The molecule has 0 atom stereocenters. The monoisotopic (exact) mass is 348 g/mol. The molecule has 0 aromatic heterocycles. The number of benzene rings is 1. The molecule has 1 N–H and O–H groups in total. The molecule has 0 aliphatic heterocycles. The van der Waals surface area contributed by atoms with Crippen LogP contribution < -0.4 is 0 Å². The number of rotatable bonds is 13. The molecule has 4 nitrogen and oxygen atoms in total. The van der Waals surface area contributed by atoms with Gasteiger partial charge in [0.15, 0.2) is 0 Å². The third-order valence-electron chi connectivity index (χ3n) is 4.46. The number of hydrogen-bond acceptors (Lipinski definition) is 3. The van der Waals surface area contributed by atoms with E-state index in [1.165, 1.54) is 0 Å². The molecule has 0 aliphatic carbocycles. The standard InChI is InChI=1S/C21H36N2O2/c1-4-7-16-22(17-8-5-2)23(18-9-6-3)21(25)15-12-19-10-13-20(24)14-11-19/h10-11,13-14,24H,4-9,12,15-18H2,1-3H3. The SMILES string of the molecule is CCCCN(CCCC)N(CCCC)C(=O)CCc1ccc(O)cc1. The molecule has 0 heterocycles. The van der Waals surface area contributed by atoms with E-state index >= 15 is 0 Å². The van der Waals surface area contributed by atoms with Crippen molar-refractivity contribution in [3.8, 4) is 5.75 Å². The fraction of sp³-hybridized carbons (Fsp3) is 0.667. The van der Waals surface area contributed by atoms with Gasteiger partial charge in [-0.15, -0.1) is 0 Å². The van der Waals surface area contributed by atoms with Crippen molar-refractivity contribution in [3.63, 3.8) is 0 Å². The first-order valence-corrected chi connectivity index (χ1v) is 9.95. The van der Waals surface area contributed by atoms with Crippen molar-refractivity contribution in [2.45, 2.75) is 72.1 Å². The number of unbranched alkanes of at least 4 members (excludes halogenated alkanes) is 3. The van der Waals surface area contributed by atoms with Crippen LogP contribution in [-0.4, -0.2) is 40.7 Å². The van der Waals surface area contributed by atoms with Crippen LogP contribution in [0.5, 0.6) is 5.75 Å². The Morgan fingerprint density at radius 2 is 1.40 bits per heavy atom. The number of hydrazine groups is 1. The van der Waals surface area contributed by atoms with Gasteiger partial charge < -0.3 is 5.11 Å².